The van der Waals surface area contributed by atoms with Crippen LogP contribution in [-0.4, -0.2) is 35.0 Å². The third kappa shape index (κ3) is 2.83. The molecule has 0 radical (unpaired) electrons. The van der Waals surface area contributed by atoms with E-state index in [2.05, 4.69) is 0 Å². The fraction of sp³-hybridized carbons (Fsp3) is 0.462. The van der Waals surface area contributed by atoms with Gasteiger partial charge in [-0.15, -0.1) is 0 Å². The van der Waals surface area contributed by atoms with Gasteiger partial charge in [-0.05, 0) is 30.5 Å². The Morgan fingerprint density at radius 1 is 1.28 bits per heavy atom. The van der Waals surface area contributed by atoms with E-state index in [1.807, 2.05) is 0 Å². The normalized spacial score (nSPS) is 18.7. The number of likely N-dealkylation sites (tertiary alicyclic amines) is 1. The van der Waals surface area contributed by atoms with E-state index in [0.29, 0.717) is 10.6 Å². The second kappa shape index (κ2) is 5.69. The number of hydrogen-bond acceptors (Lipinski definition) is 3. The average Bonchev–Trinajstić information content (AvgIpc) is 2.91. The van der Waals surface area contributed by atoms with Crippen LogP contribution >= 0.6 is 11.6 Å². The zero-order valence-corrected chi connectivity index (χ0v) is 10.8. The summed E-state index contributed by atoms with van der Waals surface area (Å²) in [6, 6.07) is 5.80. The largest absolute Gasteiger partial charge is 0.386 e. The molecule has 5 heteroatoms. The first kappa shape index (κ1) is 13.3. The number of aliphatic hydroxyl groups is 1. The van der Waals surface area contributed by atoms with Crippen molar-refractivity contribution in [3.63, 3.8) is 0 Å². The summed E-state index contributed by atoms with van der Waals surface area (Å²) < 4.78 is 0. The van der Waals surface area contributed by atoms with E-state index in [0.717, 1.165) is 25.9 Å². The van der Waals surface area contributed by atoms with E-state index >= 15 is 0 Å². The first-order valence-corrected chi connectivity index (χ1v) is 6.45. The molecule has 98 valence electrons. The van der Waals surface area contributed by atoms with Gasteiger partial charge in [0.25, 0.3) is 0 Å². The second-order valence-corrected chi connectivity index (χ2v) is 4.99. The number of nitrogens with zero attached hydrogens (tertiary/aromatic N) is 1. The first-order valence-electron chi connectivity index (χ1n) is 6.07. The number of rotatable bonds is 3. The van der Waals surface area contributed by atoms with E-state index in [4.69, 9.17) is 17.3 Å². The molecular formula is C13H17ClN2O2. The molecule has 18 heavy (non-hydrogen) atoms. The predicted octanol–water partition coefficient (Wildman–Crippen LogP) is 1.32. The lowest BCUT2D eigenvalue weighted by atomic mass is 10.0. The summed E-state index contributed by atoms with van der Waals surface area (Å²) in [5.74, 6) is -0.185. The molecule has 2 atom stereocenters. The van der Waals surface area contributed by atoms with Crippen molar-refractivity contribution in [1.29, 1.82) is 0 Å². The average molecular weight is 269 g/mol. The molecule has 1 aliphatic rings. The van der Waals surface area contributed by atoms with E-state index in [-0.39, 0.29) is 5.91 Å². The Bertz CT molecular complexity index is 416. The second-order valence-electron chi connectivity index (χ2n) is 4.55. The van der Waals surface area contributed by atoms with Crippen LogP contribution in [0, 0.1) is 0 Å². The Kier molecular flexibility index (Phi) is 4.22. The Morgan fingerprint density at radius 2 is 1.83 bits per heavy atom. The molecule has 1 heterocycles. The molecule has 1 amide bonds. The van der Waals surface area contributed by atoms with Gasteiger partial charge in [0.15, 0.2) is 0 Å². The molecule has 0 bridgehead atoms. The van der Waals surface area contributed by atoms with Crippen LogP contribution in [0.2, 0.25) is 5.02 Å². The molecule has 1 unspecified atom stereocenters. The topological polar surface area (TPSA) is 66.6 Å². The van der Waals surface area contributed by atoms with Crippen LogP contribution in [0.3, 0.4) is 0 Å². The fourth-order valence-corrected chi connectivity index (χ4v) is 2.28. The first-order chi connectivity index (χ1) is 8.59. The molecule has 1 aromatic rings. The van der Waals surface area contributed by atoms with Gasteiger partial charge in [0.1, 0.15) is 12.1 Å². The molecule has 1 fully saturated rings. The van der Waals surface area contributed by atoms with Gasteiger partial charge in [0.2, 0.25) is 5.91 Å². The van der Waals surface area contributed by atoms with Crippen LogP contribution in [0.5, 0.6) is 0 Å². The number of amides is 1. The molecule has 0 saturated carbocycles. The Balaban J connectivity index is 2.05. The molecule has 0 spiro atoms. The Hall–Kier alpha value is -1.10. The van der Waals surface area contributed by atoms with Gasteiger partial charge in [0.05, 0.1) is 0 Å². The summed E-state index contributed by atoms with van der Waals surface area (Å²) in [7, 11) is 0. The molecular weight excluding hydrogens is 252 g/mol. The molecule has 1 aliphatic heterocycles. The van der Waals surface area contributed by atoms with E-state index in [9.17, 15) is 9.90 Å². The lowest BCUT2D eigenvalue weighted by Crippen LogP contribution is -2.45. The highest BCUT2D eigenvalue weighted by Gasteiger charge is 2.29. The summed E-state index contributed by atoms with van der Waals surface area (Å²) in [6.07, 6.45) is 1.03. The smallest absolute Gasteiger partial charge is 0.242 e. The standard InChI is InChI=1S/C13H17ClN2O2/c14-10-5-3-9(4-6-10)12(17)11(15)13(18)16-7-1-2-8-16/h3-6,11-12,17H,1-2,7-8,15H2/t11?,12-/m0/s1. The van der Waals surface area contributed by atoms with Gasteiger partial charge < -0.3 is 15.7 Å². The summed E-state index contributed by atoms with van der Waals surface area (Å²) in [6.45, 7) is 1.47. The maximum absolute atomic E-state index is 12.0. The van der Waals surface area contributed by atoms with E-state index in [1.54, 1.807) is 29.2 Å². The highest BCUT2D eigenvalue weighted by Crippen LogP contribution is 2.20. The third-order valence-electron chi connectivity index (χ3n) is 3.25. The highest BCUT2D eigenvalue weighted by molar-refractivity contribution is 6.30. The minimum Gasteiger partial charge on any atom is -0.386 e. The number of halogens is 1. The lowest BCUT2D eigenvalue weighted by molar-refractivity contribution is -0.134. The third-order valence-corrected chi connectivity index (χ3v) is 3.51. The number of nitrogens with two attached hydrogens (primary N) is 1. The summed E-state index contributed by atoms with van der Waals surface area (Å²) in [5, 5.41) is 10.7. The minimum absolute atomic E-state index is 0.185. The zero-order chi connectivity index (χ0) is 13.1. The molecule has 3 N–H and O–H groups in total. The zero-order valence-electron chi connectivity index (χ0n) is 10.1. The number of hydrogen-bond donors (Lipinski definition) is 2. The van der Waals surface area contributed by atoms with Gasteiger partial charge in [-0.2, -0.15) is 0 Å². The molecule has 1 aromatic carbocycles. The number of carbonyl (C=O) groups excluding carboxylic acids is 1. The maximum Gasteiger partial charge on any atom is 0.242 e. The van der Waals surface area contributed by atoms with E-state index in [1.165, 1.54) is 0 Å². The highest BCUT2D eigenvalue weighted by atomic mass is 35.5. The van der Waals surface area contributed by atoms with Crippen molar-refractivity contribution in [3.8, 4) is 0 Å². The summed E-state index contributed by atoms with van der Waals surface area (Å²) >= 11 is 5.77. The van der Waals surface area contributed by atoms with Crippen molar-refractivity contribution in [2.45, 2.75) is 25.0 Å². The SMILES string of the molecule is NC(C(=O)N1CCCC1)[C@@H](O)c1ccc(Cl)cc1. The Labute approximate surface area is 111 Å². The summed E-state index contributed by atoms with van der Waals surface area (Å²) in [5.41, 5.74) is 6.45. The number of carbonyl (C=O) groups is 1. The van der Waals surface area contributed by atoms with Crippen LogP contribution in [0.1, 0.15) is 24.5 Å². The lowest BCUT2D eigenvalue weighted by Gasteiger charge is -2.24. The van der Waals surface area contributed by atoms with Gasteiger partial charge in [-0.25, -0.2) is 0 Å². The Morgan fingerprint density at radius 3 is 2.39 bits per heavy atom. The van der Waals surface area contributed by atoms with Crippen LogP contribution < -0.4 is 5.73 Å². The maximum atomic E-state index is 12.0. The van der Waals surface area contributed by atoms with Crippen molar-refractivity contribution in [2.24, 2.45) is 5.73 Å². The molecule has 0 aliphatic carbocycles. The number of aliphatic hydroxyl groups excluding tert-OH is 1. The van der Waals surface area contributed by atoms with Crippen LogP contribution in [0.4, 0.5) is 0 Å². The van der Waals surface area contributed by atoms with Gasteiger partial charge in [-0.1, -0.05) is 23.7 Å². The number of benzene rings is 1. The van der Waals surface area contributed by atoms with Gasteiger partial charge >= 0.3 is 0 Å². The quantitative estimate of drug-likeness (QED) is 0.869. The monoisotopic (exact) mass is 268 g/mol. The van der Waals surface area contributed by atoms with E-state index < -0.39 is 12.1 Å². The molecule has 0 aromatic heterocycles. The van der Waals surface area contributed by atoms with Crippen molar-refractivity contribution in [1.82, 2.24) is 4.90 Å². The fourth-order valence-electron chi connectivity index (χ4n) is 2.15. The van der Waals surface area contributed by atoms with Crippen molar-refractivity contribution in [2.75, 3.05) is 13.1 Å². The molecule has 4 nitrogen and oxygen atoms in total. The predicted molar refractivity (Wildman–Crippen MR) is 70.2 cm³/mol. The minimum atomic E-state index is -0.990. The van der Waals surface area contributed by atoms with Crippen LogP contribution in [-0.2, 0) is 4.79 Å². The summed E-state index contributed by atoms with van der Waals surface area (Å²) in [4.78, 5) is 13.8. The van der Waals surface area contributed by atoms with Crippen LogP contribution in [0.15, 0.2) is 24.3 Å². The van der Waals surface area contributed by atoms with Crippen molar-refractivity contribution < 1.29 is 9.90 Å². The van der Waals surface area contributed by atoms with Gasteiger partial charge in [0, 0.05) is 18.1 Å². The molecule has 1 saturated heterocycles. The van der Waals surface area contributed by atoms with Crippen molar-refractivity contribution in [3.05, 3.63) is 34.9 Å². The van der Waals surface area contributed by atoms with Crippen molar-refractivity contribution >= 4 is 17.5 Å². The van der Waals surface area contributed by atoms with Gasteiger partial charge in [-0.3, -0.25) is 4.79 Å². The molecule has 2 rings (SSSR count). The van der Waals surface area contributed by atoms with Crippen LogP contribution in [0.25, 0.3) is 0 Å².